The molecule has 0 saturated carbocycles. The van der Waals surface area contributed by atoms with Crippen LogP contribution in [-0.2, 0) is 18.9 Å². The molecule has 1 aromatic heterocycles. The summed E-state index contributed by atoms with van der Waals surface area (Å²) in [7, 11) is 4.33. The number of allylic oxidation sites excluding steroid dienone is 18. The molecule has 5 nitrogen and oxygen atoms in total. The van der Waals surface area contributed by atoms with E-state index in [0.29, 0.717) is 5.92 Å². The minimum absolute atomic E-state index is 0.0724. The van der Waals surface area contributed by atoms with Gasteiger partial charge in [-0.1, -0.05) is 142 Å². The molecule has 4 atom stereocenters. The fraction of sp³-hybridized carbons (Fsp3) is 0.298. The van der Waals surface area contributed by atoms with Crippen molar-refractivity contribution in [2.45, 2.75) is 90.1 Å². The first-order chi connectivity index (χ1) is 30.1. The average molecular weight is 817 g/mol. The van der Waals surface area contributed by atoms with E-state index >= 15 is 0 Å². The number of aliphatic imine (C=N–C) groups is 1. The van der Waals surface area contributed by atoms with Crippen molar-refractivity contribution in [3.63, 3.8) is 0 Å². The lowest BCUT2D eigenvalue weighted by Crippen LogP contribution is -2.36. The van der Waals surface area contributed by atoms with E-state index in [2.05, 4.69) is 185 Å². The van der Waals surface area contributed by atoms with Crippen molar-refractivity contribution in [3.8, 4) is 17.1 Å². The summed E-state index contributed by atoms with van der Waals surface area (Å²) < 4.78 is 8.97. The first kappa shape index (κ1) is 41.2. The topological polar surface area (TPSA) is 42.6 Å². The number of aromatic nitrogens is 2. The molecule has 0 saturated heterocycles. The number of benzene rings is 2. The van der Waals surface area contributed by atoms with Gasteiger partial charge in [-0.25, -0.2) is 4.98 Å². The van der Waals surface area contributed by atoms with Crippen molar-refractivity contribution >= 4 is 17.5 Å². The number of likely N-dealkylation sites (N-methyl/N-ethyl adjacent to an activating group) is 1. The lowest BCUT2D eigenvalue weighted by molar-refractivity contribution is 0.368. The Morgan fingerprint density at radius 2 is 1.81 bits per heavy atom. The Bertz CT molecular complexity index is 2690. The second-order valence-corrected chi connectivity index (χ2v) is 18.0. The average Bonchev–Trinajstić information content (AvgIpc) is 3.82. The molecule has 5 heteroatoms. The summed E-state index contributed by atoms with van der Waals surface area (Å²) in [5.74, 6) is 4.78. The number of ether oxygens (including phenoxy) is 1. The molecular formula is C57H60N4O. The van der Waals surface area contributed by atoms with Gasteiger partial charge in [-0.3, -0.25) is 4.99 Å². The highest BCUT2D eigenvalue weighted by Crippen LogP contribution is 2.50. The van der Waals surface area contributed by atoms with Gasteiger partial charge in [0.2, 0.25) is 0 Å². The van der Waals surface area contributed by atoms with Crippen LogP contribution in [0.4, 0.5) is 0 Å². The zero-order valence-corrected chi connectivity index (χ0v) is 37.5. The monoisotopic (exact) mass is 816 g/mol. The van der Waals surface area contributed by atoms with Crippen LogP contribution < -0.4 is 4.74 Å². The van der Waals surface area contributed by atoms with Gasteiger partial charge in [-0.15, -0.1) is 0 Å². The first-order valence-electron chi connectivity index (χ1n) is 22.6. The number of amidine groups is 1. The van der Waals surface area contributed by atoms with Gasteiger partial charge in [0.25, 0.3) is 0 Å². The molecule has 0 N–H and O–H groups in total. The van der Waals surface area contributed by atoms with E-state index in [4.69, 9.17) is 14.7 Å². The van der Waals surface area contributed by atoms with E-state index in [1.165, 1.54) is 44.7 Å². The fourth-order valence-corrected chi connectivity index (χ4v) is 10.2. The second-order valence-electron chi connectivity index (χ2n) is 18.0. The van der Waals surface area contributed by atoms with Gasteiger partial charge in [0.1, 0.15) is 23.2 Å². The van der Waals surface area contributed by atoms with Gasteiger partial charge in [-0.05, 0) is 115 Å². The Balaban J connectivity index is 0.910. The van der Waals surface area contributed by atoms with E-state index < -0.39 is 0 Å². The van der Waals surface area contributed by atoms with Crippen LogP contribution in [0.3, 0.4) is 0 Å². The third kappa shape index (κ3) is 7.57. The molecule has 6 aliphatic rings. The van der Waals surface area contributed by atoms with Gasteiger partial charge >= 0.3 is 0 Å². The maximum absolute atomic E-state index is 6.67. The quantitative estimate of drug-likeness (QED) is 0.191. The maximum Gasteiger partial charge on any atom is 0.140 e. The van der Waals surface area contributed by atoms with E-state index in [1.807, 2.05) is 19.1 Å². The van der Waals surface area contributed by atoms with Crippen LogP contribution in [0, 0.1) is 5.92 Å². The van der Waals surface area contributed by atoms with Gasteiger partial charge in [-0.2, -0.15) is 0 Å². The maximum atomic E-state index is 6.67. The zero-order chi connectivity index (χ0) is 43.1. The largest absolute Gasteiger partial charge is 0.457 e. The van der Waals surface area contributed by atoms with Crippen molar-refractivity contribution in [3.05, 3.63) is 202 Å². The Morgan fingerprint density at radius 3 is 2.56 bits per heavy atom. The van der Waals surface area contributed by atoms with E-state index in [-0.39, 0.29) is 23.4 Å². The Kier molecular flexibility index (Phi) is 11.2. The molecule has 4 unspecified atom stereocenters. The van der Waals surface area contributed by atoms with Crippen LogP contribution in [0.2, 0.25) is 0 Å². The molecule has 3 heterocycles. The van der Waals surface area contributed by atoms with Crippen LogP contribution in [0.25, 0.3) is 23.0 Å². The van der Waals surface area contributed by atoms with E-state index in [1.54, 1.807) is 0 Å². The summed E-state index contributed by atoms with van der Waals surface area (Å²) in [5.41, 5.74) is 14.8. The van der Waals surface area contributed by atoms with Gasteiger partial charge < -0.3 is 14.2 Å². The molecule has 0 bridgehead atoms. The van der Waals surface area contributed by atoms with Crippen molar-refractivity contribution < 1.29 is 4.74 Å². The van der Waals surface area contributed by atoms with Gasteiger partial charge in [0.05, 0.1) is 17.8 Å². The number of rotatable bonds is 10. The zero-order valence-electron chi connectivity index (χ0n) is 37.5. The predicted molar refractivity (Wildman–Crippen MR) is 260 cm³/mol. The summed E-state index contributed by atoms with van der Waals surface area (Å²) in [5, 5.41) is 0. The number of imidazole rings is 1. The molecule has 2 aromatic carbocycles. The number of nitrogens with zero attached hydrogens (tertiary/aromatic N) is 4. The van der Waals surface area contributed by atoms with Crippen LogP contribution in [0.5, 0.6) is 5.75 Å². The smallest absolute Gasteiger partial charge is 0.140 e. The normalized spacial score (nSPS) is 24.0. The van der Waals surface area contributed by atoms with Crippen LogP contribution in [0.15, 0.2) is 179 Å². The number of hydrogen-bond acceptors (Lipinski definition) is 4. The number of fused-ring (bicyclic) bond motifs is 3. The van der Waals surface area contributed by atoms with E-state index in [0.717, 1.165) is 77.7 Å². The summed E-state index contributed by atoms with van der Waals surface area (Å²) in [4.78, 5) is 12.7. The predicted octanol–water partition coefficient (Wildman–Crippen LogP) is 13.2. The third-order valence-electron chi connectivity index (χ3n) is 14.0. The Morgan fingerprint density at radius 1 is 0.968 bits per heavy atom. The molecule has 314 valence electrons. The molecule has 2 aliphatic heterocycles. The van der Waals surface area contributed by atoms with Crippen molar-refractivity contribution in [1.82, 2.24) is 14.5 Å². The van der Waals surface area contributed by atoms with Crippen molar-refractivity contribution in [2.24, 2.45) is 18.0 Å². The molecule has 0 spiro atoms. The van der Waals surface area contributed by atoms with Crippen molar-refractivity contribution in [2.75, 3.05) is 7.05 Å². The molecule has 0 radical (unpaired) electrons. The van der Waals surface area contributed by atoms with Crippen LogP contribution >= 0.6 is 0 Å². The summed E-state index contributed by atoms with van der Waals surface area (Å²) >= 11 is 0. The fourth-order valence-electron chi connectivity index (χ4n) is 10.2. The van der Waals surface area contributed by atoms with Crippen LogP contribution in [-0.4, -0.2) is 39.4 Å². The second kappa shape index (κ2) is 16.9. The van der Waals surface area contributed by atoms with Gasteiger partial charge in [0, 0.05) is 48.2 Å². The summed E-state index contributed by atoms with van der Waals surface area (Å²) in [6.07, 6.45) is 40.3. The molecule has 4 aliphatic carbocycles. The first-order valence-corrected chi connectivity index (χ1v) is 22.6. The highest BCUT2D eigenvalue weighted by atomic mass is 16.5. The molecule has 9 rings (SSSR count). The van der Waals surface area contributed by atoms with Crippen LogP contribution in [0.1, 0.15) is 94.3 Å². The molecule has 62 heavy (non-hydrogen) atoms. The van der Waals surface area contributed by atoms with E-state index in [9.17, 15) is 0 Å². The SMILES string of the molecule is C=C/C(=C\C=C/C)C1=CC2N=C(/C(C)=C/C=C(\CC)c3ccc4c(c3)C(C)(C)C3=C(C=CC(c5ccc(-c6nc7c(n6C)CCC(C6C=CC=CC6)=C7)cc5)C3)O4)N(C)C2C=C1. The Labute approximate surface area is 369 Å². The minimum Gasteiger partial charge on any atom is -0.457 e. The van der Waals surface area contributed by atoms with Crippen molar-refractivity contribution in [1.29, 1.82) is 0 Å². The highest BCUT2D eigenvalue weighted by Gasteiger charge is 2.39. The molecule has 0 amide bonds. The Hall–Kier alpha value is -6.20. The summed E-state index contributed by atoms with van der Waals surface area (Å²) in [6, 6.07) is 16.2. The summed E-state index contributed by atoms with van der Waals surface area (Å²) in [6.45, 7) is 15.2. The standard InChI is InChI=1S/C57H60N4O/c1-9-12-16-38(10-2)45-25-29-51-49(35-45)58-55(60(51)7)37(4)19-20-39(11-3)43-27-31-53-47(33-43)57(5,6)48-34-44(28-32-54(48)62-53)41-21-23-42(24-22-41)56-59-50-36-46(26-30-52(50)61(56)8)40-17-14-13-15-18-40/h9-10,12-17,19-25,27-29,31-33,35-36,40,44,49,51H,2,11,18,26,30,34H2,1,3-8H3/b12-9-,37-19+,38-16+,39-20+. The minimum atomic E-state index is -0.195. The lowest BCUT2D eigenvalue weighted by atomic mass is 9.69. The highest BCUT2D eigenvalue weighted by molar-refractivity contribution is 6.00. The lowest BCUT2D eigenvalue weighted by Gasteiger charge is -2.39. The van der Waals surface area contributed by atoms with Gasteiger partial charge in [0.15, 0.2) is 0 Å². The number of hydrogen-bond donors (Lipinski definition) is 0. The molecule has 3 aromatic rings. The molecule has 0 fully saturated rings. The third-order valence-corrected chi connectivity index (χ3v) is 14.0. The molecular weight excluding hydrogens is 757 g/mol.